The lowest BCUT2D eigenvalue weighted by Gasteiger charge is -1.92. The van der Waals surface area contributed by atoms with Gasteiger partial charge < -0.3 is 4.98 Å². The molecule has 1 rings (SSSR count). The highest BCUT2D eigenvalue weighted by atomic mass is 35.5. The van der Waals surface area contributed by atoms with E-state index in [1.165, 1.54) is 0 Å². The molecule has 1 N–H and O–H groups in total. The molecule has 0 radical (unpaired) electrons. The third kappa shape index (κ3) is 2.93. The van der Waals surface area contributed by atoms with Crippen molar-refractivity contribution in [3.8, 4) is 0 Å². The molecule has 0 fully saturated rings. The lowest BCUT2D eigenvalue weighted by Crippen LogP contribution is -1.86. The molecule has 0 bridgehead atoms. The van der Waals surface area contributed by atoms with Gasteiger partial charge in [0.15, 0.2) is 0 Å². The lowest BCUT2D eigenvalue weighted by molar-refractivity contribution is 0.783. The minimum Gasteiger partial charge on any atom is -0.349 e. The van der Waals surface area contributed by atoms with Crippen molar-refractivity contribution in [3.05, 3.63) is 17.7 Å². The monoisotopic (exact) mass is 172 g/mol. The fourth-order valence-corrected chi connectivity index (χ4v) is 1.19. The number of alkyl halides is 1. The molecule has 0 aliphatic heterocycles. The number of rotatable bonds is 4. The molecule has 0 atom stereocenters. The number of unbranched alkanes of at least 4 members (excludes halogenated alkanes) is 1. The molecule has 1 heterocycles. The number of hydrogen-bond donors (Lipinski definition) is 1. The summed E-state index contributed by atoms with van der Waals surface area (Å²) in [5, 5.41) is 0. The highest BCUT2D eigenvalue weighted by molar-refractivity contribution is 6.17. The van der Waals surface area contributed by atoms with Crippen molar-refractivity contribution in [1.29, 1.82) is 0 Å². The molecule has 3 heteroatoms. The number of nitrogens with zero attached hydrogens (tertiary/aromatic N) is 1. The summed E-state index contributed by atoms with van der Waals surface area (Å²) in [6.07, 6.45) is 5.21. The molecular weight excluding hydrogens is 160 g/mol. The number of nitrogens with one attached hydrogen (secondary N) is 1. The summed E-state index contributed by atoms with van der Waals surface area (Å²) >= 11 is 5.54. The van der Waals surface area contributed by atoms with Gasteiger partial charge in [-0.05, 0) is 26.2 Å². The van der Waals surface area contributed by atoms with Crippen LogP contribution in [0.25, 0.3) is 0 Å². The zero-order valence-electron chi connectivity index (χ0n) is 6.73. The van der Waals surface area contributed by atoms with Crippen LogP contribution in [0.4, 0.5) is 0 Å². The van der Waals surface area contributed by atoms with Crippen LogP contribution in [0.5, 0.6) is 0 Å². The van der Waals surface area contributed by atoms with Crippen LogP contribution < -0.4 is 0 Å². The number of aryl methyl sites for hydroxylation is 2. The van der Waals surface area contributed by atoms with Crippen LogP contribution in [0.15, 0.2) is 6.20 Å². The predicted molar refractivity (Wildman–Crippen MR) is 47.0 cm³/mol. The molecule has 62 valence electrons. The lowest BCUT2D eigenvalue weighted by atomic mass is 10.2. The Labute approximate surface area is 72.0 Å². The second-order valence-electron chi connectivity index (χ2n) is 2.62. The van der Waals surface area contributed by atoms with Gasteiger partial charge in [0.1, 0.15) is 5.82 Å². The van der Waals surface area contributed by atoms with Gasteiger partial charge in [0.05, 0.1) is 5.69 Å². The number of H-pyrrole nitrogens is 1. The Kier molecular flexibility index (Phi) is 3.43. The van der Waals surface area contributed by atoms with E-state index in [4.69, 9.17) is 11.6 Å². The summed E-state index contributed by atoms with van der Waals surface area (Å²) in [5.74, 6) is 1.74. The second-order valence-corrected chi connectivity index (χ2v) is 3.00. The van der Waals surface area contributed by atoms with Crippen molar-refractivity contribution in [2.75, 3.05) is 5.88 Å². The van der Waals surface area contributed by atoms with Crippen molar-refractivity contribution in [2.45, 2.75) is 26.2 Å². The van der Waals surface area contributed by atoms with E-state index < -0.39 is 0 Å². The number of halogens is 1. The average molecular weight is 173 g/mol. The zero-order valence-corrected chi connectivity index (χ0v) is 7.49. The van der Waals surface area contributed by atoms with E-state index in [-0.39, 0.29) is 0 Å². The van der Waals surface area contributed by atoms with Crippen LogP contribution >= 0.6 is 11.6 Å². The van der Waals surface area contributed by atoms with Crippen LogP contribution in [-0.2, 0) is 6.42 Å². The summed E-state index contributed by atoms with van der Waals surface area (Å²) in [7, 11) is 0. The number of hydrogen-bond acceptors (Lipinski definition) is 1. The van der Waals surface area contributed by atoms with Crippen molar-refractivity contribution in [2.24, 2.45) is 0 Å². The predicted octanol–water partition coefficient (Wildman–Crippen LogP) is 2.28. The maximum Gasteiger partial charge on any atom is 0.103 e. The highest BCUT2D eigenvalue weighted by Gasteiger charge is 1.95. The fourth-order valence-electron chi connectivity index (χ4n) is 0.996. The smallest absolute Gasteiger partial charge is 0.103 e. The van der Waals surface area contributed by atoms with Crippen molar-refractivity contribution >= 4 is 11.6 Å². The van der Waals surface area contributed by atoms with Gasteiger partial charge in [-0.3, -0.25) is 0 Å². The molecule has 1 aromatic rings. The van der Waals surface area contributed by atoms with E-state index in [0.717, 1.165) is 36.7 Å². The van der Waals surface area contributed by atoms with E-state index in [1.54, 1.807) is 0 Å². The van der Waals surface area contributed by atoms with Gasteiger partial charge in [-0.1, -0.05) is 0 Å². The molecule has 0 saturated carbocycles. The summed E-state index contributed by atoms with van der Waals surface area (Å²) < 4.78 is 0. The Morgan fingerprint density at radius 3 is 2.91 bits per heavy atom. The van der Waals surface area contributed by atoms with E-state index in [0.29, 0.717) is 0 Å². The molecule has 0 aliphatic rings. The summed E-state index contributed by atoms with van der Waals surface area (Å²) in [5.41, 5.74) is 1.15. The Hall–Kier alpha value is -0.500. The molecule has 2 nitrogen and oxygen atoms in total. The molecule has 0 amide bonds. The second kappa shape index (κ2) is 4.39. The van der Waals surface area contributed by atoms with Crippen LogP contribution in [-0.4, -0.2) is 15.8 Å². The SMILES string of the molecule is Cc1nc(CCCCCl)c[nH]1. The first-order chi connectivity index (χ1) is 5.33. The topological polar surface area (TPSA) is 28.7 Å². The maximum atomic E-state index is 5.54. The average Bonchev–Trinajstić information content (AvgIpc) is 2.37. The third-order valence-corrected chi connectivity index (χ3v) is 1.84. The van der Waals surface area contributed by atoms with Gasteiger partial charge >= 0.3 is 0 Å². The minimum absolute atomic E-state index is 0.753. The van der Waals surface area contributed by atoms with Gasteiger partial charge in [0.25, 0.3) is 0 Å². The molecule has 0 aromatic carbocycles. The zero-order chi connectivity index (χ0) is 8.10. The number of imidazole rings is 1. The molecular formula is C8H13ClN2. The largest absolute Gasteiger partial charge is 0.349 e. The Morgan fingerprint density at radius 2 is 2.36 bits per heavy atom. The molecule has 0 unspecified atom stereocenters. The van der Waals surface area contributed by atoms with Crippen LogP contribution in [0.3, 0.4) is 0 Å². The van der Waals surface area contributed by atoms with Gasteiger partial charge in [-0.25, -0.2) is 4.98 Å². The van der Waals surface area contributed by atoms with Crippen LogP contribution in [0.1, 0.15) is 24.4 Å². The van der Waals surface area contributed by atoms with E-state index >= 15 is 0 Å². The number of aromatic nitrogens is 2. The molecule has 1 aromatic heterocycles. The third-order valence-electron chi connectivity index (χ3n) is 1.58. The van der Waals surface area contributed by atoms with Crippen LogP contribution in [0, 0.1) is 6.92 Å². The maximum absolute atomic E-state index is 5.54. The Balaban J connectivity index is 2.27. The molecule has 0 saturated heterocycles. The van der Waals surface area contributed by atoms with Crippen molar-refractivity contribution in [3.63, 3.8) is 0 Å². The Bertz CT molecular complexity index is 208. The van der Waals surface area contributed by atoms with E-state index in [1.807, 2.05) is 13.1 Å². The minimum atomic E-state index is 0.753. The van der Waals surface area contributed by atoms with Gasteiger partial charge in [0, 0.05) is 12.1 Å². The normalized spacial score (nSPS) is 10.4. The quantitative estimate of drug-likeness (QED) is 0.548. The summed E-state index contributed by atoms with van der Waals surface area (Å²) in [4.78, 5) is 7.34. The standard InChI is InChI=1S/C8H13ClN2/c1-7-10-6-8(11-7)4-2-3-5-9/h6H,2-5H2,1H3,(H,10,11). The number of aromatic amines is 1. The molecule has 0 spiro atoms. The fraction of sp³-hybridized carbons (Fsp3) is 0.625. The van der Waals surface area contributed by atoms with E-state index in [2.05, 4.69) is 9.97 Å². The summed E-state index contributed by atoms with van der Waals surface area (Å²) in [6.45, 7) is 1.96. The first kappa shape index (κ1) is 8.60. The van der Waals surface area contributed by atoms with Crippen LogP contribution in [0.2, 0.25) is 0 Å². The Morgan fingerprint density at radius 1 is 1.55 bits per heavy atom. The first-order valence-corrected chi connectivity index (χ1v) is 4.43. The van der Waals surface area contributed by atoms with Crippen molar-refractivity contribution in [1.82, 2.24) is 9.97 Å². The summed E-state index contributed by atoms with van der Waals surface area (Å²) in [6, 6.07) is 0. The van der Waals surface area contributed by atoms with Gasteiger partial charge in [0.2, 0.25) is 0 Å². The van der Waals surface area contributed by atoms with Crippen molar-refractivity contribution < 1.29 is 0 Å². The van der Waals surface area contributed by atoms with E-state index in [9.17, 15) is 0 Å². The van der Waals surface area contributed by atoms with Gasteiger partial charge in [-0.2, -0.15) is 0 Å². The highest BCUT2D eigenvalue weighted by Crippen LogP contribution is 2.02. The van der Waals surface area contributed by atoms with Gasteiger partial charge in [-0.15, -0.1) is 11.6 Å². The molecule has 0 aliphatic carbocycles. The molecule has 11 heavy (non-hydrogen) atoms. The first-order valence-electron chi connectivity index (χ1n) is 3.90.